The van der Waals surface area contributed by atoms with Crippen LogP contribution >= 0.6 is 0 Å². The molecule has 30 heavy (non-hydrogen) atoms. The summed E-state index contributed by atoms with van der Waals surface area (Å²) in [4.78, 5) is 12.4. The molecule has 1 amide bonds. The smallest absolute Gasteiger partial charge is 0.251 e. The summed E-state index contributed by atoms with van der Waals surface area (Å²) in [7, 11) is -3.39. The van der Waals surface area contributed by atoms with E-state index in [2.05, 4.69) is 5.32 Å². The molecule has 162 valence electrons. The Labute approximate surface area is 178 Å². The van der Waals surface area contributed by atoms with E-state index < -0.39 is 10.0 Å². The zero-order valence-electron chi connectivity index (χ0n) is 17.3. The molecular weight excluding hydrogens is 404 g/mol. The van der Waals surface area contributed by atoms with Crippen LogP contribution in [0.2, 0.25) is 0 Å². The highest BCUT2D eigenvalue weighted by Gasteiger charge is 2.24. The Balaban J connectivity index is 1.51. The van der Waals surface area contributed by atoms with Crippen molar-refractivity contribution in [2.45, 2.75) is 25.6 Å². The molecular formula is C22H28N2O5S. The maximum atomic E-state index is 12.5. The lowest BCUT2D eigenvalue weighted by Crippen LogP contribution is -2.41. The summed E-state index contributed by atoms with van der Waals surface area (Å²) in [5, 5.41) is 2.89. The second-order valence-corrected chi connectivity index (χ2v) is 9.43. The summed E-state index contributed by atoms with van der Waals surface area (Å²) in [6.45, 7) is 5.83. The van der Waals surface area contributed by atoms with Gasteiger partial charge in [0, 0.05) is 18.7 Å². The molecule has 0 aliphatic carbocycles. The zero-order valence-corrected chi connectivity index (χ0v) is 18.2. The minimum Gasteiger partial charge on any atom is -0.491 e. The first-order valence-electron chi connectivity index (χ1n) is 9.98. The molecule has 0 radical (unpaired) electrons. The van der Waals surface area contributed by atoms with Crippen molar-refractivity contribution in [1.82, 2.24) is 9.62 Å². The van der Waals surface area contributed by atoms with Gasteiger partial charge in [-0.2, -0.15) is 4.31 Å². The molecule has 1 aliphatic heterocycles. The maximum absolute atomic E-state index is 12.5. The summed E-state index contributed by atoms with van der Waals surface area (Å²) in [5.41, 5.74) is 2.28. The van der Waals surface area contributed by atoms with Gasteiger partial charge in [0.05, 0.1) is 25.0 Å². The number of benzene rings is 2. The zero-order chi connectivity index (χ0) is 21.6. The first kappa shape index (κ1) is 22.3. The van der Waals surface area contributed by atoms with Crippen LogP contribution in [-0.4, -0.2) is 57.6 Å². The quantitative estimate of drug-likeness (QED) is 0.692. The van der Waals surface area contributed by atoms with Crippen LogP contribution in [0.3, 0.4) is 0 Å². The lowest BCUT2D eigenvalue weighted by molar-refractivity contribution is 0.0729. The third kappa shape index (κ3) is 6.29. The molecule has 1 aliphatic rings. The summed E-state index contributed by atoms with van der Waals surface area (Å²) in [6.07, 6.45) is 0. The molecule has 1 heterocycles. The van der Waals surface area contributed by atoms with Crippen LogP contribution in [0.5, 0.6) is 5.75 Å². The Morgan fingerprint density at radius 1 is 1.10 bits per heavy atom. The topological polar surface area (TPSA) is 84.9 Å². The molecule has 1 fully saturated rings. The van der Waals surface area contributed by atoms with E-state index >= 15 is 0 Å². The third-order valence-corrected chi connectivity index (χ3v) is 6.68. The van der Waals surface area contributed by atoms with Crippen molar-refractivity contribution in [3.05, 3.63) is 65.2 Å². The van der Waals surface area contributed by atoms with Gasteiger partial charge in [-0.3, -0.25) is 4.79 Å². The van der Waals surface area contributed by atoms with Gasteiger partial charge >= 0.3 is 0 Å². The Bertz CT molecular complexity index is 936. The van der Waals surface area contributed by atoms with E-state index in [1.165, 1.54) is 4.31 Å². The van der Waals surface area contributed by atoms with Gasteiger partial charge in [-0.15, -0.1) is 0 Å². The Kier molecular flexibility index (Phi) is 7.47. The SMILES string of the molecule is Cc1ccc(OC[C@@H](C)NC(=O)c2ccc(CS(=O)(=O)N3CCOCC3)cc2)cc1. The van der Waals surface area contributed by atoms with E-state index in [0.717, 1.165) is 11.3 Å². The van der Waals surface area contributed by atoms with Crippen molar-refractivity contribution >= 4 is 15.9 Å². The molecule has 0 bridgehead atoms. The van der Waals surface area contributed by atoms with Crippen molar-refractivity contribution in [1.29, 1.82) is 0 Å². The minimum atomic E-state index is -3.39. The number of aryl methyl sites for hydroxylation is 1. The minimum absolute atomic E-state index is 0.0876. The average molecular weight is 433 g/mol. The van der Waals surface area contributed by atoms with Gasteiger partial charge in [0.15, 0.2) is 0 Å². The van der Waals surface area contributed by atoms with Gasteiger partial charge in [0.25, 0.3) is 5.91 Å². The monoisotopic (exact) mass is 432 g/mol. The summed E-state index contributed by atoms with van der Waals surface area (Å²) < 4.78 is 37.4. The van der Waals surface area contributed by atoms with Crippen molar-refractivity contribution in [2.24, 2.45) is 0 Å². The van der Waals surface area contributed by atoms with E-state index in [0.29, 0.717) is 44.0 Å². The molecule has 1 N–H and O–H groups in total. The second kappa shape index (κ2) is 10.1. The second-order valence-electron chi connectivity index (χ2n) is 7.46. The molecule has 2 aromatic carbocycles. The molecule has 1 saturated heterocycles. The van der Waals surface area contributed by atoms with E-state index in [4.69, 9.17) is 9.47 Å². The van der Waals surface area contributed by atoms with Crippen LogP contribution in [0.15, 0.2) is 48.5 Å². The normalized spacial score (nSPS) is 16.1. The highest BCUT2D eigenvalue weighted by Crippen LogP contribution is 2.14. The Morgan fingerprint density at radius 2 is 1.73 bits per heavy atom. The molecule has 0 unspecified atom stereocenters. The standard InChI is InChI=1S/C22H28N2O5S/c1-17-3-9-21(10-4-17)29-15-18(2)23-22(25)20-7-5-19(6-8-20)16-30(26,27)24-11-13-28-14-12-24/h3-10,18H,11-16H2,1-2H3,(H,23,25)/t18-/m1/s1. The van der Waals surface area contributed by atoms with E-state index in [1.54, 1.807) is 24.3 Å². The lowest BCUT2D eigenvalue weighted by Gasteiger charge is -2.26. The first-order chi connectivity index (χ1) is 14.3. The first-order valence-corrected chi connectivity index (χ1v) is 11.6. The number of nitrogens with zero attached hydrogens (tertiary/aromatic N) is 1. The van der Waals surface area contributed by atoms with Crippen LogP contribution < -0.4 is 10.1 Å². The van der Waals surface area contributed by atoms with Gasteiger partial charge in [-0.25, -0.2) is 8.42 Å². The van der Waals surface area contributed by atoms with Gasteiger partial charge in [0.2, 0.25) is 10.0 Å². The van der Waals surface area contributed by atoms with Crippen molar-refractivity contribution in [3.63, 3.8) is 0 Å². The molecule has 3 rings (SSSR count). The number of ether oxygens (including phenoxy) is 2. The average Bonchev–Trinajstić information content (AvgIpc) is 2.74. The van der Waals surface area contributed by atoms with Crippen LogP contribution in [0, 0.1) is 6.92 Å². The van der Waals surface area contributed by atoms with Crippen molar-refractivity contribution in [3.8, 4) is 5.75 Å². The van der Waals surface area contributed by atoms with E-state index in [-0.39, 0.29) is 17.7 Å². The van der Waals surface area contributed by atoms with Crippen LogP contribution in [-0.2, 0) is 20.5 Å². The number of rotatable bonds is 8. The highest BCUT2D eigenvalue weighted by atomic mass is 32.2. The molecule has 0 aromatic heterocycles. The van der Waals surface area contributed by atoms with Crippen LogP contribution in [0.1, 0.15) is 28.4 Å². The Morgan fingerprint density at radius 3 is 2.37 bits per heavy atom. The van der Waals surface area contributed by atoms with Crippen LogP contribution in [0.25, 0.3) is 0 Å². The van der Waals surface area contributed by atoms with Gasteiger partial charge < -0.3 is 14.8 Å². The molecule has 1 atom stereocenters. The molecule has 7 nitrogen and oxygen atoms in total. The number of carbonyl (C=O) groups excluding carboxylic acids is 1. The number of carbonyl (C=O) groups is 1. The summed E-state index contributed by atoms with van der Waals surface area (Å²) in [6, 6.07) is 14.2. The van der Waals surface area contributed by atoms with Gasteiger partial charge in [-0.05, 0) is 43.7 Å². The predicted molar refractivity (Wildman–Crippen MR) is 115 cm³/mol. The number of hydrogen-bond acceptors (Lipinski definition) is 5. The van der Waals surface area contributed by atoms with Gasteiger partial charge in [0.1, 0.15) is 12.4 Å². The fourth-order valence-electron chi connectivity index (χ4n) is 3.08. The van der Waals surface area contributed by atoms with Crippen molar-refractivity contribution < 1.29 is 22.7 Å². The molecule has 2 aromatic rings. The largest absolute Gasteiger partial charge is 0.491 e. The molecule has 0 saturated carbocycles. The number of morpholine rings is 1. The Hall–Kier alpha value is -2.42. The number of amides is 1. The predicted octanol–water partition coefficient (Wildman–Crippen LogP) is 2.35. The number of sulfonamides is 1. The van der Waals surface area contributed by atoms with Crippen molar-refractivity contribution in [2.75, 3.05) is 32.9 Å². The number of nitrogens with one attached hydrogen (secondary N) is 1. The summed E-state index contributed by atoms with van der Waals surface area (Å²) >= 11 is 0. The molecule has 8 heteroatoms. The van der Waals surface area contributed by atoms with Gasteiger partial charge in [-0.1, -0.05) is 29.8 Å². The fraction of sp³-hybridized carbons (Fsp3) is 0.409. The fourth-order valence-corrected chi connectivity index (χ4v) is 4.59. The van der Waals surface area contributed by atoms with E-state index in [9.17, 15) is 13.2 Å². The lowest BCUT2D eigenvalue weighted by atomic mass is 10.1. The number of hydrogen-bond donors (Lipinski definition) is 1. The third-order valence-electron chi connectivity index (χ3n) is 4.83. The maximum Gasteiger partial charge on any atom is 0.251 e. The van der Waals surface area contributed by atoms with E-state index in [1.807, 2.05) is 38.1 Å². The summed E-state index contributed by atoms with van der Waals surface area (Å²) in [5.74, 6) is 0.445. The molecule has 0 spiro atoms. The van der Waals surface area contributed by atoms with Crippen LogP contribution in [0.4, 0.5) is 0 Å². The highest BCUT2D eigenvalue weighted by molar-refractivity contribution is 7.88.